The van der Waals surface area contributed by atoms with Crippen molar-refractivity contribution in [3.05, 3.63) is 52.8 Å². The minimum atomic E-state index is -0.166. The Morgan fingerprint density at radius 2 is 2.05 bits per heavy atom. The van der Waals surface area contributed by atoms with Gasteiger partial charge in [0.15, 0.2) is 0 Å². The maximum absolute atomic E-state index is 12.3. The molecule has 0 saturated carbocycles. The topological polar surface area (TPSA) is 68.0 Å². The van der Waals surface area contributed by atoms with Crippen molar-refractivity contribution >= 4 is 17.3 Å². The van der Waals surface area contributed by atoms with Crippen LogP contribution in [0.25, 0.3) is 0 Å². The van der Waals surface area contributed by atoms with Crippen LogP contribution in [0.1, 0.15) is 33.6 Å². The number of carbonyl (C=O) groups is 1. The molecule has 102 valence electrons. The molecular weight excluding hydrogens is 250 g/mol. The molecule has 3 N–H and O–H groups in total. The Bertz CT molecular complexity index is 679. The van der Waals surface area contributed by atoms with Gasteiger partial charge in [-0.25, -0.2) is 0 Å². The van der Waals surface area contributed by atoms with Crippen LogP contribution in [0.15, 0.2) is 30.5 Å². The van der Waals surface area contributed by atoms with Crippen LogP contribution in [0.5, 0.6) is 0 Å². The summed E-state index contributed by atoms with van der Waals surface area (Å²) in [5.74, 6) is -0.166. The summed E-state index contributed by atoms with van der Waals surface area (Å²) >= 11 is 0. The first-order valence-corrected chi connectivity index (χ1v) is 6.79. The van der Waals surface area contributed by atoms with Gasteiger partial charge in [0.2, 0.25) is 0 Å². The Labute approximate surface area is 118 Å². The first-order chi connectivity index (χ1) is 9.63. The third kappa shape index (κ3) is 2.37. The zero-order valence-corrected chi connectivity index (χ0v) is 11.4. The summed E-state index contributed by atoms with van der Waals surface area (Å²) < 4.78 is 0. The molecule has 1 aliphatic carbocycles. The first kappa shape index (κ1) is 12.7. The Morgan fingerprint density at radius 1 is 1.25 bits per heavy atom. The summed E-state index contributed by atoms with van der Waals surface area (Å²) in [6.07, 6.45) is 4.99. The number of rotatable bonds is 2. The molecule has 0 radical (unpaired) electrons. The van der Waals surface area contributed by atoms with Crippen LogP contribution >= 0.6 is 0 Å². The number of carbonyl (C=O) groups excluding carboxylic acids is 1. The van der Waals surface area contributed by atoms with Crippen molar-refractivity contribution in [3.8, 4) is 0 Å². The number of nitrogens with one attached hydrogen (secondary N) is 1. The van der Waals surface area contributed by atoms with Gasteiger partial charge in [-0.05, 0) is 55.5 Å². The minimum absolute atomic E-state index is 0.166. The Kier molecular flexibility index (Phi) is 3.14. The number of aromatic nitrogens is 1. The Hall–Kier alpha value is -2.36. The molecule has 0 fully saturated rings. The zero-order chi connectivity index (χ0) is 14.1. The van der Waals surface area contributed by atoms with Crippen molar-refractivity contribution in [2.24, 2.45) is 0 Å². The lowest BCUT2D eigenvalue weighted by atomic mass is 10.1. The summed E-state index contributed by atoms with van der Waals surface area (Å²) in [6.45, 7) is 1.80. The average molecular weight is 267 g/mol. The number of benzene rings is 1. The van der Waals surface area contributed by atoms with Crippen LogP contribution in [0, 0.1) is 6.92 Å². The van der Waals surface area contributed by atoms with Gasteiger partial charge in [-0.1, -0.05) is 6.07 Å². The van der Waals surface area contributed by atoms with Crippen LogP contribution in [0.2, 0.25) is 0 Å². The maximum atomic E-state index is 12.3. The third-order valence-electron chi connectivity index (χ3n) is 3.71. The van der Waals surface area contributed by atoms with E-state index in [1.165, 1.54) is 17.5 Å². The predicted octanol–water partition coefficient (Wildman–Crippen LogP) is 2.71. The van der Waals surface area contributed by atoms with Crippen molar-refractivity contribution in [2.75, 3.05) is 11.1 Å². The van der Waals surface area contributed by atoms with E-state index in [0.717, 1.165) is 18.5 Å². The molecule has 0 aliphatic heterocycles. The lowest BCUT2D eigenvalue weighted by Gasteiger charge is -2.09. The number of aryl methyl sites for hydroxylation is 3. The first-order valence-electron chi connectivity index (χ1n) is 6.79. The van der Waals surface area contributed by atoms with E-state index in [2.05, 4.69) is 22.4 Å². The average Bonchev–Trinajstić information content (AvgIpc) is 2.89. The molecule has 3 rings (SSSR count). The van der Waals surface area contributed by atoms with Gasteiger partial charge in [0.25, 0.3) is 5.91 Å². The lowest BCUT2D eigenvalue weighted by Crippen LogP contribution is -2.14. The van der Waals surface area contributed by atoms with Gasteiger partial charge in [0, 0.05) is 5.69 Å². The second-order valence-corrected chi connectivity index (χ2v) is 5.19. The molecule has 4 nitrogen and oxygen atoms in total. The van der Waals surface area contributed by atoms with Crippen molar-refractivity contribution < 1.29 is 4.79 Å². The molecule has 0 bridgehead atoms. The predicted molar refractivity (Wildman–Crippen MR) is 79.8 cm³/mol. The highest BCUT2D eigenvalue weighted by Gasteiger charge is 2.14. The van der Waals surface area contributed by atoms with Crippen molar-refractivity contribution in [2.45, 2.75) is 26.2 Å². The van der Waals surface area contributed by atoms with Crippen molar-refractivity contribution in [1.82, 2.24) is 4.98 Å². The molecule has 1 aliphatic rings. The molecule has 1 heterocycles. The Morgan fingerprint density at radius 3 is 2.90 bits per heavy atom. The maximum Gasteiger partial charge on any atom is 0.257 e. The normalized spacial score (nSPS) is 13.1. The second-order valence-electron chi connectivity index (χ2n) is 5.19. The number of nitrogens with zero attached hydrogens (tertiary/aromatic N) is 1. The molecule has 1 amide bonds. The highest BCUT2D eigenvalue weighted by molar-refractivity contribution is 6.05. The number of hydrogen-bond acceptors (Lipinski definition) is 3. The molecule has 1 aromatic carbocycles. The van der Waals surface area contributed by atoms with E-state index < -0.39 is 0 Å². The highest BCUT2D eigenvalue weighted by Crippen LogP contribution is 2.25. The Balaban J connectivity index is 1.84. The number of nitrogens with two attached hydrogens (primary N) is 1. The van der Waals surface area contributed by atoms with Crippen LogP contribution < -0.4 is 11.1 Å². The quantitative estimate of drug-likeness (QED) is 0.879. The fourth-order valence-corrected chi connectivity index (χ4v) is 2.63. The summed E-state index contributed by atoms with van der Waals surface area (Å²) in [7, 11) is 0. The van der Waals surface area contributed by atoms with Gasteiger partial charge in [0.05, 0.1) is 23.1 Å². The molecule has 20 heavy (non-hydrogen) atoms. The number of amides is 1. The highest BCUT2D eigenvalue weighted by atomic mass is 16.1. The molecule has 1 aromatic heterocycles. The minimum Gasteiger partial charge on any atom is -0.397 e. The summed E-state index contributed by atoms with van der Waals surface area (Å²) in [5.41, 5.74) is 10.9. The summed E-state index contributed by atoms with van der Waals surface area (Å²) in [6, 6.07) is 7.78. The van der Waals surface area contributed by atoms with Gasteiger partial charge >= 0.3 is 0 Å². The molecular formula is C16H17N3O. The van der Waals surface area contributed by atoms with Crippen LogP contribution in [-0.2, 0) is 12.8 Å². The molecule has 4 heteroatoms. The largest absolute Gasteiger partial charge is 0.397 e. The van der Waals surface area contributed by atoms with Crippen LogP contribution in [0.3, 0.4) is 0 Å². The molecule has 2 aromatic rings. The van der Waals surface area contributed by atoms with Crippen molar-refractivity contribution in [1.29, 1.82) is 0 Å². The standard InChI is InChI=1S/C16H17N3O/c1-10-15(8-13(17)9-18-10)16(20)19-14-6-5-11-3-2-4-12(11)7-14/h5-9H,2-4,17H2,1H3,(H,19,20). The van der Waals surface area contributed by atoms with E-state index in [-0.39, 0.29) is 5.91 Å². The fourth-order valence-electron chi connectivity index (χ4n) is 2.63. The van der Waals surface area contributed by atoms with Gasteiger partial charge in [0.1, 0.15) is 0 Å². The van der Waals surface area contributed by atoms with Crippen molar-refractivity contribution in [3.63, 3.8) is 0 Å². The lowest BCUT2D eigenvalue weighted by molar-refractivity contribution is 0.102. The third-order valence-corrected chi connectivity index (χ3v) is 3.71. The molecule has 0 saturated heterocycles. The van der Waals surface area contributed by atoms with E-state index in [1.807, 2.05) is 6.07 Å². The van der Waals surface area contributed by atoms with E-state index in [1.54, 1.807) is 19.2 Å². The molecule has 0 atom stereocenters. The smallest absolute Gasteiger partial charge is 0.257 e. The van der Waals surface area contributed by atoms with E-state index >= 15 is 0 Å². The van der Waals surface area contributed by atoms with Crippen LogP contribution in [-0.4, -0.2) is 10.9 Å². The number of nitrogen functional groups attached to an aromatic ring is 1. The van der Waals surface area contributed by atoms with Gasteiger partial charge in [-0.3, -0.25) is 9.78 Å². The second kappa shape index (κ2) is 4.96. The van der Waals surface area contributed by atoms with Gasteiger partial charge in [-0.2, -0.15) is 0 Å². The van der Waals surface area contributed by atoms with E-state index in [4.69, 9.17) is 5.73 Å². The number of anilines is 2. The SMILES string of the molecule is Cc1ncc(N)cc1C(=O)Nc1ccc2c(c1)CCC2. The fraction of sp³-hybridized carbons (Fsp3) is 0.250. The van der Waals surface area contributed by atoms with E-state index in [9.17, 15) is 4.79 Å². The van der Waals surface area contributed by atoms with Gasteiger partial charge < -0.3 is 11.1 Å². The summed E-state index contributed by atoms with van der Waals surface area (Å²) in [5, 5.41) is 2.92. The monoisotopic (exact) mass is 267 g/mol. The molecule has 0 spiro atoms. The van der Waals surface area contributed by atoms with Gasteiger partial charge in [-0.15, -0.1) is 0 Å². The number of pyridine rings is 1. The number of fused-ring (bicyclic) bond motifs is 1. The molecule has 0 unspecified atom stereocenters. The summed E-state index contributed by atoms with van der Waals surface area (Å²) in [4.78, 5) is 16.4. The number of hydrogen-bond donors (Lipinski definition) is 2. The van der Waals surface area contributed by atoms with E-state index in [0.29, 0.717) is 16.9 Å². The zero-order valence-electron chi connectivity index (χ0n) is 11.4. The van der Waals surface area contributed by atoms with Crippen LogP contribution in [0.4, 0.5) is 11.4 Å².